The highest BCUT2D eigenvalue weighted by Crippen LogP contribution is 2.43. The molecule has 0 atom stereocenters. The van der Waals surface area contributed by atoms with Crippen LogP contribution in [0.3, 0.4) is 0 Å². The Morgan fingerprint density at radius 2 is 2.22 bits per heavy atom. The third-order valence-corrected chi connectivity index (χ3v) is 4.06. The monoisotopic (exact) mass is 267 g/mol. The van der Waals surface area contributed by atoms with E-state index in [1.54, 1.807) is 11.9 Å². The van der Waals surface area contributed by atoms with Crippen molar-refractivity contribution < 1.29 is 14.7 Å². The van der Waals surface area contributed by atoms with E-state index in [0.29, 0.717) is 18.9 Å². The van der Waals surface area contributed by atoms with Crippen LogP contribution in [0.2, 0.25) is 0 Å². The fourth-order valence-corrected chi connectivity index (χ4v) is 2.93. The summed E-state index contributed by atoms with van der Waals surface area (Å²) in [5.41, 5.74) is 1.18. The minimum absolute atomic E-state index is 0.0253. The standard InChI is InChI=1S/C13H17NO3S/c1-14(7-2-3-11(15)16)13(17)12-10(6-8-18-12)9-4-5-9/h6,8-9H,2-5,7H2,1H3,(H,15,16). The predicted molar refractivity (Wildman–Crippen MR) is 70.1 cm³/mol. The maximum Gasteiger partial charge on any atom is 0.303 e. The normalized spacial score (nSPS) is 14.5. The molecular weight excluding hydrogens is 250 g/mol. The zero-order valence-corrected chi connectivity index (χ0v) is 11.2. The van der Waals surface area contributed by atoms with Crippen molar-refractivity contribution in [2.75, 3.05) is 13.6 Å². The van der Waals surface area contributed by atoms with Gasteiger partial charge in [0, 0.05) is 20.0 Å². The van der Waals surface area contributed by atoms with Gasteiger partial charge in [0.15, 0.2) is 0 Å². The molecule has 0 unspecified atom stereocenters. The number of amides is 1. The minimum atomic E-state index is -0.814. The summed E-state index contributed by atoms with van der Waals surface area (Å²) in [6, 6.07) is 2.04. The molecule has 0 radical (unpaired) electrons. The van der Waals surface area contributed by atoms with Crippen molar-refractivity contribution in [2.45, 2.75) is 31.6 Å². The smallest absolute Gasteiger partial charge is 0.303 e. The second-order valence-electron chi connectivity index (χ2n) is 4.70. The van der Waals surface area contributed by atoms with E-state index < -0.39 is 5.97 Å². The van der Waals surface area contributed by atoms with Gasteiger partial charge in [0.05, 0.1) is 4.88 Å². The number of rotatable bonds is 6. The van der Waals surface area contributed by atoms with Crippen LogP contribution in [0, 0.1) is 0 Å². The number of thiophene rings is 1. The van der Waals surface area contributed by atoms with Crippen molar-refractivity contribution in [1.29, 1.82) is 0 Å². The molecule has 98 valence electrons. The average Bonchev–Trinajstić information content (AvgIpc) is 3.05. The maximum absolute atomic E-state index is 12.2. The molecule has 18 heavy (non-hydrogen) atoms. The van der Waals surface area contributed by atoms with Crippen LogP contribution in [-0.4, -0.2) is 35.5 Å². The first-order valence-corrected chi connectivity index (χ1v) is 7.02. The molecule has 0 aliphatic heterocycles. The van der Waals surface area contributed by atoms with Crippen LogP contribution < -0.4 is 0 Å². The zero-order valence-electron chi connectivity index (χ0n) is 10.4. The average molecular weight is 267 g/mol. The molecule has 2 rings (SSSR count). The van der Waals surface area contributed by atoms with Gasteiger partial charge < -0.3 is 10.0 Å². The Kier molecular flexibility index (Phi) is 4.01. The Bertz CT molecular complexity index is 451. The first kappa shape index (κ1) is 13.1. The van der Waals surface area contributed by atoms with Crippen LogP contribution in [0.1, 0.15) is 46.8 Å². The number of carboxylic acid groups (broad SMARTS) is 1. The van der Waals surface area contributed by atoms with Crippen molar-refractivity contribution in [3.63, 3.8) is 0 Å². The molecule has 0 bridgehead atoms. The predicted octanol–water partition coefficient (Wildman–Crippen LogP) is 2.56. The molecule has 4 nitrogen and oxygen atoms in total. The summed E-state index contributed by atoms with van der Waals surface area (Å²) < 4.78 is 0. The highest BCUT2D eigenvalue weighted by molar-refractivity contribution is 7.12. The van der Waals surface area contributed by atoms with Crippen molar-refractivity contribution in [3.05, 3.63) is 21.9 Å². The Labute approximate surface area is 110 Å². The number of carbonyl (C=O) groups is 2. The Hall–Kier alpha value is -1.36. The van der Waals surface area contributed by atoms with Crippen molar-refractivity contribution >= 4 is 23.2 Å². The van der Waals surface area contributed by atoms with Crippen molar-refractivity contribution in [2.24, 2.45) is 0 Å². The number of carboxylic acids is 1. The molecule has 0 aromatic carbocycles. The molecule has 1 saturated carbocycles. The van der Waals surface area contributed by atoms with Gasteiger partial charge >= 0.3 is 5.97 Å². The van der Waals surface area contributed by atoms with Gasteiger partial charge in [-0.2, -0.15) is 0 Å². The van der Waals surface area contributed by atoms with Crippen LogP contribution in [0.4, 0.5) is 0 Å². The number of nitrogens with zero attached hydrogens (tertiary/aromatic N) is 1. The summed E-state index contributed by atoms with van der Waals surface area (Å²) in [4.78, 5) is 25.1. The van der Waals surface area contributed by atoms with Gasteiger partial charge in [-0.05, 0) is 42.2 Å². The second kappa shape index (κ2) is 5.52. The summed E-state index contributed by atoms with van der Waals surface area (Å²) in [7, 11) is 1.74. The fraction of sp³-hybridized carbons (Fsp3) is 0.538. The molecule has 1 N–H and O–H groups in total. The largest absolute Gasteiger partial charge is 0.481 e. The van der Waals surface area contributed by atoms with E-state index in [-0.39, 0.29) is 12.3 Å². The lowest BCUT2D eigenvalue weighted by molar-refractivity contribution is -0.137. The third kappa shape index (κ3) is 3.10. The lowest BCUT2D eigenvalue weighted by Crippen LogP contribution is -2.28. The van der Waals surface area contributed by atoms with Crippen LogP contribution >= 0.6 is 11.3 Å². The van der Waals surface area contributed by atoms with Gasteiger partial charge in [0.2, 0.25) is 0 Å². The fourth-order valence-electron chi connectivity index (χ4n) is 1.95. The summed E-state index contributed by atoms with van der Waals surface area (Å²) in [5, 5.41) is 10.5. The molecule has 1 amide bonds. The number of hydrogen-bond acceptors (Lipinski definition) is 3. The topological polar surface area (TPSA) is 57.6 Å². The van der Waals surface area contributed by atoms with E-state index in [0.717, 1.165) is 4.88 Å². The highest BCUT2D eigenvalue weighted by Gasteiger charge is 2.29. The molecule has 1 fully saturated rings. The van der Waals surface area contributed by atoms with Gasteiger partial charge in [-0.3, -0.25) is 9.59 Å². The van der Waals surface area contributed by atoms with Crippen LogP contribution in [0.25, 0.3) is 0 Å². The van der Waals surface area contributed by atoms with Crippen LogP contribution in [0.5, 0.6) is 0 Å². The third-order valence-electron chi connectivity index (χ3n) is 3.14. The maximum atomic E-state index is 12.2. The molecule has 0 spiro atoms. The van der Waals surface area contributed by atoms with Crippen LogP contribution in [-0.2, 0) is 4.79 Å². The van der Waals surface area contributed by atoms with E-state index >= 15 is 0 Å². The van der Waals surface area contributed by atoms with Gasteiger partial charge in [-0.25, -0.2) is 0 Å². The van der Waals surface area contributed by atoms with E-state index in [9.17, 15) is 9.59 Å². The van der Waals surface area contributed by atoms with Gasteiger partial charge in [0.25, 0.3) is 5.91 Å². The van der Waals surface area contributed by atoms with E-state index in [1.165, 1.54) is 29.7 Å². The SMILES string of the molecule is CN(CCCC(=O)O)C(=O)c1sccc1C1CC1. The second-order valence-corrected chi connectivity index (χ2v) is 5.62. The number of carbonyl (C=O) groups excluding carboxylic acids is 1. The van der Waals surface area contributed by atoms with Crippen molar-refractivity contribution in [1.82, 2.24) is 4.90 Å². The molecule has 1 aromatic rings. The Balaban J connectivity index is 1.93. The number of aliphatic carboxylic acids is 1. The molecule has 0 saturated heterocycles. The molecule has 5 heteroatoms. The van der Waals surface area contributed by atoms with Crippen molar-refractivity contribution in [3.8, 4) is 0 Å². The first-order valence-electron chi connectivity index (χ1n) is 6.14. The molecule has 1 aliphatic carbocycles. The molecule has 1 aliphatic rings. The van der Waals surface area contributed by atoms with E-state index in [4.69, 9.17) is 5.11 Å². The van der Waals surface area contributed by atoms with E-state index in [1.807, 2.05) is 11.4 Å². The van der Waals surface area contributed by atoms with Crippen LogP contribution in [0.15, 0.2) is 11.4 Å². The lowest BCUT2D eigenvalue weighted by Gasteiger charge is -2.16. The Morgan fingerprint density at radius 1 is 1.50 bits per heavy atom. The van der Waals surface area contributed by atoms with Gasteiger partial charge in [-0.1, -0.05) is 0 Å². The molecular formula is C13H17NO3S. The minimum Gasteiger partial charge on any atom is -0.481 e. The molecule has 1 heterocycles. The summed E-state index contributed by atoms with van der Waals surface area (Å²) in [5.74, 6) is -0.217. The quantitative estimate of drug-likeness (QED) is 0.861. The van der Waals surface area contributed by atoms with Gasteiger partial charge in [0.1, 0.15) is 0 Å². The molecule has 1 aromatic heterocycles. The van der Waals surface area contributed by atoms with E-state index in [2.05, 4.69) is 0 Å². The Morgan fingerprint density at radius 3 is 2.83 bits per heavy atom. The first-order chi connectivity index (χ1) is 8.59. The number of hydrogen-bond donors (Lipinski definition) is 1. The lowest BCUT2D eigenvalue weighted by atomic mass is 10.1. The van der Waals surface area contributed by atoms with Gasteiger partial charge in [-0.15, -0.1) is 11.3 Å². The summed E-state index contributed by atoms with van der Waals surface area (Å²) in [6.45, 7) is 0.493. The highest BCUT2D eigenvalue weighted by atomic mass is 32.1. The summed E-state index contributed by atoms with van der Waals surface area (Å²) in [6.07, 6.45) is 2.97. The zero-order chi connectivity index (χ0) is 13.1. The summed E-state index contributed by atoms with van der Waals surface area (Å²) >= 11 is 1.49.